The lowest BCUT2D eigenvalue weighted by Gasteiger charge is -2.26. The Balaban J connectivity index is 1.81. The van der Waals surface area contributed by atoms with Gasteiger partial charge in [0.1, 0.15) is 23.7 Å². The predicted octanol–water partition coefficient (Wildman–Crippen LogP) is -2.30. The van der Waals surface area contributed by atoms with Crippen LogP contribution in [-0.4, -0.2) is 54.9 Å². The summed E-state index contributed by atoms with van der Waals surface area (Å²) in [6.07, 6.45) is -0.280. The lowest BCUT2D eigenvalue weighted by atomic mass is 9.76. The summed E-state index contributed by atoms with van der Waals surface area (Å²) >= 11 is 0. The maximum Gasteiger partial charge on any atom is 0.291 e. The molecule has 4 rings (SSSR count). The number of ether oxygens (including phenoxy) is 1. The highest BCUT2D eigenvalue weighted by Gasteiger charge is 2.74. The number of aliphatic carboxylic acids is 1. The van der Waals surface area contributed by atoms with E-state index in [0.717, 1.165) is 4.90 Å². The molecule has 3 amide bonds. The van der Waals surface area contributed by atoms with Gasteiger partial charge in [0.2, 0.25) is 17.4 Å². The van der Waals surface area contributed by atoms with Crippen molar-refractivity contribution in [2.45, 2.75) is 24.4 Å². The largest absolute Gasteiger partial charge is 0.550 e. The molecule has 1 aromatic rings. The topological polar surface area (TPSA) is 132 Å². The molecule has 2 fully saturated rings. The van der Waals surface area contributed by atoms with E-state index in [0.29, 0.717) is 11.3 Å². The number of likely N-dealkylation sites (tertiary alicyclic amines) is 1. The Kier molecular flexibility index (Phi) is 4.62. The van der Waals surface area contributed by atoms with Crippen molar-refractivity contribution >= 4 is 29.4 Å². The molecule has 0 saturated carbocycles. The minimum absolute atomic E-state index is 0.0298. The lowest BCUT2D eigenvalue weighted by molar-refractivity contribution is -0.734. The highest BCUT2D eigenvalue weighted by molar-refractivity contribution is 6.13. The average Bonchev–Trinajstić information content (AvgIpc) is 3.24. The molecule has 3 N–H and O–H groups in total. The van der Waals surface area contributed by atoms with Crippen LogP contribution in [0.4, 0.5) is 10.1 Å². The number of imide groups is 1. The van der Waals surface area contributed by atoms with E-state index in [1.54, 1.807) is 5.32 Å². The van der Waals surface area contributed by atoms with Crippen molar-refractivity contribution in [1.29, 1.82) is 0 Å². The highest BCUT2D eigenvalue weighted by Crippen LogP contribution is 2.49. The van der Waals surface area contributed by atoms with Crippen molar-refractivity contribution in [3.8, 4) is 0 Å². The van der Waals surface area contributed by atoms with Crippen LogP contribution in [0.5, 0.6) is 0 Å². The number of quaternary nitrogens is 1. The van der Waals surface area contributed by atoms with Crippen molar-refractivity contribution in [2.24, 2.45) is 11.8 Å². The highest BCUT2D eigenvalue weighted by atomic mass is 19.1. The van der Waals surface area contributed by atoms with Gasteiger partial charge in [0.25, 0.3) is 5.91 Å². The molecule has 0 unspecified atom stereocenters. The fourth-order valence-corrected chi connectivity index (χ4v) is 4.95. The van der Waals surface area contributed by atoms with Gasteiger partial charge in [-0.25, -0.2) is 4.39 Å². The van der Waals surface area contributed by atoms with Gasteiger partial charge >= 0.3 is 0 Å². The molecular formula is C19H20FN3O6. The van der Waals surface area contributed by atoms with Crippen LogP contribution >= 0.6 is 0 Å². The summed E-state index contributed by atoms with van der Waals surface area (Å²) in [6, 6.07) is 3.17. The van der Waals surface area contributed by atoms with Gasteiger partial charge in [0.05, 0.1) is 18.8 Å². The molecule has 0 aliphatic carbocycles. The summed E-state index contributed by atoms with van der Waals surface area (Å²) in [5.41, 5.74) is -0.849. The summed E-state index contributed by atoms with van der Waals surface area (Å²) in [7, 11) is 1.44. The molecule has 4 atom stereocenters. The zero-order chi connectivity index (χ0) is 20.9. The van der Waals surface area contributed by atoms with E-state index in [4.69, 9.17) is 4.74 Å². The number of carbonyl (C=O) groups excluding carboxylic acids is 4. The second kappa shape index (κ2) is 6.89. The molecule has 0 radical (unpaired) electrons. The number of rotatable bonds is 6. The van der Waals surface area contributed by atoms with Gasteiger partial charge in [-0.2, -0.15) is 0 Å². The standard InChI is InChI=1S/C19H20FN3O6/c1-29-7-6-23-16(26)14-12(4-5-13(24)25)22-19(15(14)17(23)27)10-8-9(20)2-3-11(10)21-18(19)28/h2-3,8,12,14-15,22H,4-7H2,1H3,(H,21,28)(H,24,25)/t12-,14+,15-,19+/m0/s1. The number of nitrogens with zero attached hydrogens (tertiary/aromatic N) is 1. The molecule has 3 aliphatic heterocycles. The number of methoxy groups -OCH3 is 1. The molecule has 3 aliphatic rings. The molecule has 0 bridgehead atoms. The average molecular weight is 405 g/mol. The fraction of sp³-hybridized carbons (Fsp3) is 0.474. The van der Waals surface area contributed by atoms with E-state index < -0.39 is 52.9 Å². The number of benzene rings is 1. The molecule has 9 nitrogen and oxygen atoms in total. The van der Waals surface area contributed by atoms with E-state index >= 15 is 0 Å². The Labute approximate surface area is 165 Å². The number of nitrogens with one attached hydrogen (secondary N) is 1. The van der Waals surface area contributed by atoms with Crippen molar-refractivity contribution in [3.05, 3.63) is 29.6 Å². The van der Waals surface area contributed by atoms with E-state index in [-0.39, 0.29) is 26.0 Å². The number of carbonyl (C=O) groups is 4. The number of nitrogens with two attached hydrogens (primary N) is 1. The van der Waals surface area contributed by atoms with Gasteiger partial charge in [-0.3, -0.25) is 19.3 Å². The summed E-state index contributed by atoms with van der Waals surface area (Å²) in [6.45, 7) is 0.164. The van der Waals surface area contributed by atoms with Gasteiger partial charge in [-0.15, -0.1) is 0 Å². The second-order valence-electron chi connectivity index (χ2n) is 7.58. The number of amides is 3. The third-order valence-electron chi connectivity index (χ3n) is 6.12. The Morgan fingerprint density at radius 1 is 1.34 bits per heavy atom. The molecule has 154 valence electrons. The summed E-state index contributed by atoms with van der Waals surface area (Å²) in [5.74, 6) is -5.32. The summed E-state index contributed by atoms with van der Waals surface area (Å²) in [5, 5.41) is 15.2. The van der Waals surface area contributed by atoms with Crippen LogP contribution in [0.25, 0.3) is 0 Å². The minimum atomic E-state index is -1.52. The molecule has 29 heavy (non-hydrogen) atoms. The van der Waals surface area contributed by atoms with Crippen molar-refractivity contribution in [1.82, 2.24) is 4.90 Å². The normalized spacial score (nSPS) is 30.1. The molecule has 2 saturated heterocycles. The number of hydrogen-bond donors (Lipinski definition) is 2. The van der Waals surface area contributed by atoms with Crippen LogP contribution in [0, 0.1) is 17.7 Å². The van der Waals surface area contributed by atoms with Gasteiger partial charge < -0.3 is 25.3 Å². The van der Waals surface area contributed by atoms with E-state index in [1.165, 1.54) is 25.3 Å². The third kappa shape index (κ3) is 2.74. The van der Waals surface area contributed by atoms with Crippen molar-refractivity contribution in [2.75, 3.05) is 25.6 Å². The number of hydrogen-bond acceptors (Lipinski definition) is 6. The zero-order valence-electron chi connectivity index (χ0n) is 15.6. The first kappa shape index (κ1) is 19.5. The van der Waals surface area contributed by atoms with Gasteiger partial charge in [0.15, 0.2) is 0 Å². The van der Waals surface area contributed by atoms with Crippen molar-refractivity contribution in [3.63, 3.8) is 0 Å². The maximum atomic E-state index is 14.0. The van der Waals surface area contributed by atoms with E-state index in [1.807, 2.05) is 0 Å². The monoisotopic (exact) mass is 405 g/mol. The Morgan fingerprint density at radius 2 is 2.10 bits per heavy atom. The van der Waals surface area contributed by atoms with Crippen LogP contribution in [0.15, 0.2) is 18.2 Å². The van der Waals surface area contributed by atoms with Crippen LogP contribution in [0.3, 0.4) is 0 Å². The lowest BCUT2D eigenvalue weighted by Crippen LogP contribution is -2.99. The Hall–Kier alpha value is -2.85. The summed E-state index contributed by atoms with van der Waals surface area (Å²) < 4.78 is 19.0. The number of fused-ring (bicyclic) bond motifs is 4. The minimum Gasteiger partial charge on any atom is -0.550 e. The van der Waals surface area contributed by atoms with Crippen LogP contribution in [-0.2, 0) is 29.5 Å². The number of halogens is 1. The molecule has 10 heteroatoms. The number of carboxylic acids is 1. The van der Waals surface area contributed by atoms with Crippen LogP contribution < -0.4 is 15.7 Å². The summed E-state index contributed by atoms with van der Waals surface area (Å²) in [4.78, 5) is 51.4. The van der Waals surface area contributed by atoms with Crippen molar-refractivity contribution < 1.29 is 38.7 Å². The maximum absolute atomic E-state index is 14.0. The molecular weight excluding hydrogens is 385 g/mol. The van der Waals surface area contributed by atoms with Crippen LogP contribution in [0.2, 0.25) is 0 Å². The predicted molar refractivity (Wildman–Crippen MR) is 92.2 cm³/mol. The molecule has 3 heterocycles. The Morgan fingerprint density at radius 3 is 2.79 bits per heavy atom. The first-order valence-electron chi connectivity index (χ1n) is 9.32. The van der Waals surface area contributed by atoms with Gasteiger partial charge in [-0.05, 0) is 24.6 Å². The Bertz CT molecular complexity index is 921. The molecule has 1 aromatic carbocycles. The third-order valence-corrected chi connectivity index (χ3v) is 6.12. The smallest absolute Gasteiger partial charge is 0.291 e. The molecule has 0 aromatic heterocycles. The van der Waals surface area contributed by atoms with E-state index in [2.05, 4.69) is 5.32 Å². The fourth-order valence-electron chi connectivity index (χ4n) is 4.95. The first-order chi connectivity index (χ1) is 13.8. The SMILES string of the molecule is COCCN1C(=O)[C@@H]2[C@H](CCC(=O)[O-])[NH2+][C@@]3(C(=O)Nc4ccc(F)cc43)[C@@H]2C1=O. The number of anilines is 1. The van der Waals surface area contributed by atoms with Gasteiger partial charge in [-0.1, -0.05) is 0 Å². The van der Waals surface area contributed by atoms with E-state index in [9.17, 15) is 28.7 Å². The van der Waals surface area contributed by atoms with Gasteiger partial charge in [0, 0.05) is 25.1 Å². The first-order valence-corrected chi connectivity index (χ1v) is 9.32. The number of carboxylic acid groups (broad SMARTS) is 1. The molecule has 1 spiro atoms. The quantitative estimate of drug-likeness (QED) is 0.512. The second-order valence-corrected chi connectivity index (χ2v) is 7.58. The zero-order valence-corrected chi connectivity index (χ0v) is 15.6. The van der Waals surface area contributed by atoms with Crippen LogP contribution in [0.1, 0.15) is 18.4 Å².